The molecule has 0 radical (unpaired) electrons. The number of nitrogens with zero attached hydrogens (tertiary/aromatic N) is 1. The van der Waals surface area contributed by atoms with Gasteiger partial charge in [0.15, 0.2) is 0 Å². The van der Waals surface area contributed by atoms with Crippen molar-refractivity contribution in [2.45, 2.75) is 96.3 Å². The lowest BCUT2D eigenvalue weighted by Crippen LogP contribution is -2.55. The zero-order valence-electron chi connectivity index (χ0n) is 12.6. The Morgan fingerprint density at radius 3 is 2.56 bits per heavy atom. The minimum atomic E-state index is 0.758. The highest BCUT2D eigenvalue weighted by Crippen LogP contribution is 2.34. The van der Waals surface area contributed by atoms with Crippen LogP contribution in [0.25, 0.3) is 0 Å². The SMILES string of the molecule is CCCNC1CCCCC1N1C(C)CCC1CC. The van der Waals surface area contributed by atoms with Crippen LogP contribution >= 0.6 is 0 Å². The van der Waals surface area contributed by atoms with Gasteiger partial charge in [0.25, 0.3) is 0 Å². The van der Waals surface area contributed by atoms with Gasteiger partial charge in [-0.2, -0.15) is 0 Å². The van der Waals surface area contributed by atoms with Gasteiger partial charge in [-0.15, -0.1) is 0 Å². The van der Waals surface area contributed by atoms with Crippen LogP contribution in [-0.2, 0) is 0 Å². The van der Waals surface area contributed by atoms with E-state index in [0.717, 1.165) is 24.2 Å². The molecule has 106 valence electrons. The van der Waals surface area contributed by atoms with E-state index in [1.807, 2.05) is 0 Å². The van der Waals surface area contributed by atoms with Crippen molar-refractivity contribution in [3.05, 3.63) is 0 Å². The van der Waals surface area contributed by atoms with Crippen molar-refractivity contribution >= 4 is 0 Å². The molecule has 2 rings (SSSR count). The van der Waals surface area contributed by atoms with E-state index in [1.54, 1.807) is 0 Å². The molecule has 1 aliphatic heterocycles. The normalized spacial score (nSPS) is 38.2. The summed E-state index contributed by atoms with van der Waals surface area (Å²) in [6, 6.07) is 3.24. The highest BCUT2D eigenvalue weighted by atomic mass is 15.3. The van der Waals surface area contributed by atoms with Crippen LogP contribution in [0.1, 0.15) is 72.1 Å². The average molecular weight is 252 g/mol. The summed E-state index contributed by atoms with van der Waals surface area (Å²) in [6.07, 6.45) is 11.1. The zero-order chi connectivity index (χ0) is 13.0. The Balaban J connectivity index is 2.02. The molecule has 2 heteroatoms. The zero-order valence-corrected chi connectivity index (χ0v) is 12.6. The van der Waals surface area contributed by atoms with Crippen LogP contribution < -0.4 is 5.32 Å². The predicted molar refractivity (Wildman–Crippen MR) is 79.0 cm³/mol. The summed E-state index contributed by atoms with van der Waals surface area (Å²) in [4.78, 5) is 2.88. The Morgan fingerprint density at radius 2 is 1.83 bits per heavy atom. The summed E-state index contributed by atoms with van der Waals surface area (Å²) in [5.41, 5.74) is 0. The lowest BCUT2D eigenvalue weighted by molar-refractivity contribution is 0.0772. The fraction of sp³-hybridized carbons (Fsp3) is 1.00. The highest BCUT2D eigenvalue weighted by Gasteiger charge is 2.38. The van der Waals surface area contributed by atoms with Crippen molar-refractivity contribution in [1.29, 1.82) is 0 Å². The van der Waals surface area contributed by atoms with Crippen LogP contribution in [-0.4, -0.2) is 35.6 Å². The number of likely N-dealkylation sites (tertiary alicyclic amines) is 1. The molecular weight excluding hydrogens is 220 g/mol. The summed E-state index contributed by atoms with van der Waals surface area (Å²) in [5.74, 6) is 0. The lowest BCUT2D eigenvalue weighted by atomic mass is 9.88. The second-order valence-corrected chi connectivity index (χ2v) is 6.35. The Hall–Kier alpha value is -0.0800. The molecule has 2 fully saturated rings. The van der Waals surface area contributed by atoms with E-state index < -0.39 is 0 Å². The molecule has 1 N–H and O–H groups in total. The van der Waals surface area contributed by atoms with Crippen molar-refractivity contribution in [2.24, 2.45) is 0 Å². The monoisotopic (exact) mass is 252 g/mol. The summed E-state index contributed by atoms with van der Waals surface area (Å²) in [6.45, 7) is 8.28. The first-order valence-corrected chi connectivity index (χ1v) is 8.28. The molecule has 1 heterocycles. The molecule has 0 aromatic rings. The molecule has 0 aromatic heterocycles. The Morgan fingerprint density at radius 1 is 1.06 bits per heavy atom. The summed E-state index contributed by atoms with van der Waals surface area (Å²) in [7, 11) is 0. The molecule has 0 amide bonds. The quantitative estimate of drug-likeness (QED) is 0.805. The first-order valence-electron chi connectivity index (χ1n) is 8.28. The second-order valence-electron chi connectivity index (χ2n) is 6.35. The van der Waals surface area contributed by atoms with Crippen LogP contribution in [0.15, 0.2) is 0 Å². The third kappa shape index (κ3) is 3.08. The maximum atomic E-state index is 3.82. The van der Waals surface area contributed by atoms with E-state index in [0.29, 0.717) is 0 Å². The fourth-order valence-electron chi connectivity index (χ4n) is 4.14. The molecule has 0 bridgehead atoms. The largest absolute Gasteiger partial charge is 0.312 e. The van der Waals surface area contributed by atoms with E-state index in [4.69, 9.17) is 0 Å². The Kier molecular flexibility index (Phi) is 5.50. The molecule has 1 saturated carbocycles. The maximum absolute atomic E-state index is 3.82. The standard InChI is InChI=1S/C16H32N2/c1-4-12-17-15-8-6-7-9-16(15)18-13(3)10-11-14(18)5-2/h13-17H,4-12H2,1-3H3. The van der Waals surface area contributed by atoms with Crippen LogP contribution in [0.4, 0.5) is 0 Å². The van der Waals surface area contributed by atoms with Crippen LogP contribution in [0.3, 0.4) is 0 Å². The van der Waals surface area contributed by atoms with E-state index in [1.165, 1.54) is 57.9 Å². The number of hydrogen-bond donors (Lipinski definition) is 1. The van der Waals surface area contributed by atoms with Crippen molar-refractivity contribution in [2.75, 3.05) is 6.54 Å². The molecule has 1 aliphatic carbocycles. The average Bonchev–Trinajstić information content (AvgIpc) is 2.77. The van der Waals surface area contributed by atoms with Crippen molar-refractivity contribution in [1.82, 2.24) is 10.2 Å². The van der Waals surface area contributed by atoms with E-state index in [-0.39, 0.29) is 0 Å². The van der Waals surface area contributed by atoms with Crippen molar-refractivity contribution in [3.63, 3.8) is 0 Å². The number of rotatable bonds is 5. The van der Waals surface area contributed by atoms with Crippen LogP contribution in [0.5, 0.6) is 0 Å². The first kappa shape index (κ1) is 14.3. The topological polar surface area (TPSA) is 15.3 Å². The van der Waals surface area contributed by atoms with Gasteiger partial charge < -0.3 is 5.32 Å². The maximum Gasteiger partial charge on any atom is 0.0255 e. The highest BCUT2D eigenvalue weighted by molar-refractivity contribution is 4.96. The Labute approximate surface area is 114 Å². The number of nitrogens with one attached hydrogen (secondary N) is 1. The molecule has 4 atom stereocenters. The van der Waals surface area contributed by atoms with Crippen LogP contribution in [0.2, 0.25) is 0 Å². The smallest absolute Gasteiger partial charge is 0.0255 e. The third-order valence-corrected chi connectivity index (χ3v) is 5.09. The van der Waals surface area contributed by atoms with E-state index in [9.17, 15) is 0 Å². The van der Waals surface area contributed by atoms with Gasteiger partial charge in [-0.1, -0.05) is 26.7 Å². The molecule has 4 unspecified atom stereocenters. The van der Waals surface area contributed by atoms with Crippen molar-refractivity contribution in [3.8, 4) is 0 Å². The third-order valence-electron chi connectivity index (χ3n) is 5.09. The first-order chi connectivity index (χ1) is 8.77. The lowest BCUT2D eigenvalue weighted by Gasteiger charge is -2.43. The summed E-state index contributed by atoms with van der Waals surface area (Å²) < 4.78 is 0. The fourth-order valence-corrected chi connectivity index (χ4v) is 4.14. The van der Waals surface area contributed by atoms with Gasteiger partial charge >= 0.3 is 0 Å². The van der Waals surface area contributed by atoms with E-state index in [2.05, 4.69) is 31.0 Å². The minimum absolute atomic E-state index is 0.758. The molecular formula is C16H32N2. The molecule has 0 spiro atoms. The van der Waals surface area contributed by atoms with Crippen molar-refractivity contribution < 1.29 is 0 Å². The molecule has 2 nitrogen and oxygen atoms in total. The van der Waals surface area contributed by atoms with Gasteiger partial charge in [-0.3, -0.25) is 4.90 Å². The molecule has 2 aliphatic rings. The molecule has 1 saturated heterocycles. The number of hydrogen-bond acceptors (Lipinski definition) is 2. The van der Waals surface area contributed by atoms with Gasteiger partial charge in [0.05, 0.1) is 0 Å². The molecule has 18 heavy (non-hydrogen) atoms. The van der Waals surface area contributed by atoms with Gasteiger partial charge in [0.2, 0.25) is 0 Å². The second kappa shape index (κ2) is 6.91. The summed E-state index contributed by atoms with van der Waals surface area (Å²) in [5, 5.41) is 3.82. The van der Waals surface area contributed by atoms with Gasteiger partial charge in [0, 0.05) is 24.2 Å². The van der Waals surface area contributed by atoms with Gasteiger partial charge in [-0.05, 0) is 52.0 Å². The van der Waals surface area contributed by atoms with Gasteiger partial charge in [0.1, 0.15) is 0 Å². The van der Waals surface area contributed by atoms with Gasteiger partial charge in [-0.25, -0.2) is 0 Å². The molecule has 0 aromatic carbocycles. The predicted octanol–water partition coefficient (Wildman–Crippen LogP) is 3.56. The van der Waals surface area contributed by atoms with Crippen LogP contribution in [0, 0.1) is 0 Å². The van der Waals surface area contributed by atoms with E-state index >= 15 is 0 Å². The summed E-state index contributed by atoms with van der Waals surface area (Å²) >= 11 is 0. The Bertz CT molecular complexity index is 241. The minimum Gasteiger partial charge on any atom is -0.312 e.